The van der Waals surface area contributed by atoms with Crippen molar-refractivity contribution in [2.24, 2.45) is 5.92 Å². The smallest absolute Gasteiger partial charge is 0.305 e. The van der Waals surface area contributed by atoms with Crippen LogP contribution in [0.3, 0.4) is 0 Å². The number of hydrogen-bond donors (Lipinski definition) is 1. The lowest BCUT2D eigenvalue weighted by molar-refractivity contribution is -0.149. The monoisotopic (exact) mass is 384 g/mol. The van der Waals surface area contributed by atoms with Crippen molar-refractivity contribution in [1.82, 2.24) is 0 Å². The molecule has 0 amide bonds. The van der Waals surface area contributed by atoms with Gasteiger partial charge >= 0.3 is 11.9 Å². The summed E-state index contributed by atoms with van der Waals surface area (Å²) < 4.78 is 5.56. The van der Waals surface area contributed by atoms with Gasteiger partial charge in [0.25, 0.3) is 0 Å². The molecule has 0 radical (unpaired) electrons. The number of rotatable bonds is 18. The van der Waals surface area contributed by atoms with E-state index in [0.29, 0.717) is 12.8 Å². The zero-order valence-electron chi connectivity index (χ0n) is 17.6. The molecular formula is C22H40O5. The molecular weight excluding hydrogens is 344 g/mol. The SMILES string of the molecule is CCCCCC(CCCC(CCCCCCC(=O)O)C(C)=O)OC(=O)CC. The maximum atomic E-state index is 11.9. The van der Waals surface area contributed by atoms with Crippen molar-refractivity contribution >= 4 is 17.7 Å². The Labute approximate surface area is 165 Å². The van der Waals surface area contributed by atoms with Gasteiger partial charge in [-0.05, 0) is 51.9 Å². The number of esters is 1. The Bertz CT molecular complexity index is 419. The second-order valence-electron chi connectivity index (χ2n) is 7.55. The summed E-state index contributed by atoms with van der Waals surface area (Å²) in [5.74, 6) is -0.578. The minimum absolute atomic E-state index is 0.0207. The summed E-state index contributed by atoms with van der Waals surface area (Å²) >= 11 is 0. The van der Waals surface area contributed by atoms with Gasteiger partial charge < -0.3 is 9.84 Å². The number of unbranched alkanes of at least 4 members (excludes halogenated alkanes) is 5. The lowest BCUT2D eigenvalue weighted by atomic mass is 9.91. The van der Waals surface area contributed by atoms with E-state index >= 15 is 0 Å². The predicted octanol–water partition coefficient (Wildman–Crippen LogP) is 5.69. The second-order valence-corrected chi connectivity index (χ2v) is 7.55. The Hall–Kier alpha value is -1.39. The van der Waals surface area contributed by atoms with Crippen LogP contribution >= 0.6 is 0 Å². The van der Waals surface area contributed by atoms with Crippen LogP contribution in [0.15, 0.2) is 0 Å². The van der Waals surface area contributed by atoms with Crippen molar-refractivity contribution in [2.75, 3.05) is 0 Å². The van der Waals surface area contributed by atoms with E-state index in [-0.39, 0.29) is 30.2 Å². The Morgan fingerprint density at radius 3 is 2.00 bits per heavy atom. The minimum atomic E-state index is -0.742. The Morgan fingerprint density at radius 2 is 1.41 bits per heavy atom. The highest BCUT2D eigenvalue weighted by Crippen LogP contribution is 2.21. The molecule has 0 spiro atoms. The topological polar surface area (TPSA) is 80.7 Å². The Morgan fingerprint density at radius 1 is 0.815 bits per heavy atom. The first kappa shape index (κ1) is 25.6. The number of ketones is 1. The number of carbonyl (C=O) groups excluding carboxylic acids is 2. The predicted molar refractivity (Wildman–Crippen MR) is 108 cm³/mol. The van der Waals surface area contributed by atoms with E-state index in [4.69, 9.17) is 9.84 Å². The summed E-state index contributed by atoms with van der Waals surface area (Å²) in [6.07, 6.45) is 11.9. The lowest BCUT2D eigenvalue weighted by Crippen LogP contribution is -2.19. The van der Waals surface area contributed by atoms with Crippen LogP contribution in [0.2, 0.25) is 0 Å². The highest BCUT2D eigenvalue weighted by atomic mass is 16.5. The maximum Gasteiger partial charge on any atom is 0.305 e. The fourth-order valence-electron chi connectivity index (χ4n) is 3.32. The highest BCUT2D eigenvalue weighted by Gasteiger charge is 2.17. The summed E-state index contributed by atoms with van der Waals surface area (Å²) in [5.41, 5.74) is 0. The van der Waals surface area contributed by atoms with E-state index < -0.39 is 5.97 Å². The summed E-state index contributed by atoms with van der Waals surface area (Å²) in [6, 6.07) is 0. The molecule has 5 heteroatoms. The van der Waals surface area contributed by atoms with Crippen LogP contribution in [-0.4, -0.2) is 28.9 Å². The standard InChI is InChI=1S/C22H40O5/c1-4-6-9-15-20(27-22(26)5-2)16-12-14-19(18(3)23)13-10-7-8-11-17-21(24)25/h19-20H,4-17H2,1-3H3,(H,24,25). The van der Waals surface area contributed by atoms with E-state index in [1.807, 2.05) is 6.92 Å². The first-order valence-corrected chi connectivity index (χ1v) is 10.8. The van der Waals surface area contributed by atoms with E-state index in [1.54, 1.807) is 6.92 Å². The molecule has 0 saturated carbocycles. The van der Waals surface area contributed by atoms with Crippen LogP contribution in [0.25, 0.3) is 0 Å². The Kier molecular flexibility index (Phi) is 15.9. The van der Waals surface area contributed by atoms with Gasteiger partial charge in [-0.3, -0.25) is 14.4 Å². The Balaban J connectivity index is 4.17. The zero-order valence-corrected chi connectivity index (χ0v) is 17.6. The van der Waals surface area contributed by atoms with E-state index in [1.165, 1.54) is 0 Å². The summed E-state index contributed by atoms with van der Waals surface area (Å²) in [6.45, 7) is 5.63. The fraction of sp³-hybridized carbons (Fsp3) is 0.864. The van der Waals surface area contributed by atoms with Crippen molar-refractivity contribution in [3.05, 3.63) is 0 Å². The van der Waals surface area contributed by atoms with E-state index in [2.05, 4.69) is 6.92 Å². The van der Waals surface area contributed by atoms with Gasteiger partial charge in [-0.1, -0.05) is 46.0 Å². The number of Topliss-reactive ketones (excluding diaryl/α,β-unsaturated/α-hetero) is 1. The number of carboxylic acid groups (broad SMARTS) is 1. The van der Waals surface area contributed by atoms with Gasteiger partial charge in [-0.15, -0.1) is 0 Å². The molecule has 2 atom stereocenters. The van der Waals surface area contributed by atoms with Crippen molar-refractivity contribution in [2.45, 2.75) is 117 Å². The number of carbonyl (C=O) groups is 3. The molecule has 0 fully saturated rings. The molecule has 0 aromatic heterocycles. The largest absolute Gasteiger partial charge is 0.481 e. The van der Waals surface area contributed by atoms with Gasteiger partial charge in [0.2, 0.25) is 0 Å². The maximum absolute atomic E-state index is 11.9. The molecule has 27 heavy (non-hydrogen) atoms. The summed E-state index contributed by atoms with van der Waals surface area (Å²) in [4.78, 5) is 34.0. The molecule has 0 bridgehead atoms. The molecule has 0 aliphatic heterocycles. The van der Waals surface area contributed by atoms with Crippen molar-refractivity contribution in [3.63, 3.8) is 0 Å². The van der Waals surface area contributed by atoms with E-state index in [9.17, 15) is 14.4 Å². The molecule has 0 aromatic carbocycles. The minimum Gasteiger partial charge on any atom is -0.481 e. The summed E-state index contributed by atoms with van der Waals surface area (Å²) in [5, 5.41) is 8.64. The lowest BCUT2D eigenvalue weighted by Gasteiger charge is -2.19. The van der Waals surface area contributed by atoms with Crippen molar-refractivity contribution in [1.29, 1.82) is 0 Å². The average molecular weight is 385 g/mol. The van der Waals surface area contributed by atoms with Gasteiger partial charge in [-0.2, -0.15) is 0 Å². The molecule has 0 aliphatic carbocycles. The quantitative estimate of drug-likeness (QED) is 0.242. The zero-order chi connectivity index (χ0) is 20.5. The van der Waals surface area contributed by atoms with Gasteiger partial charge in [0.1, 0.15) is 11.9 Å². The first-order valence-electron chi connectivity index (χ1n) is 10.8. The molecule has 5 nitrogen and oxygen atoms in total. The van der Waals surface area contributed by atoms with Crippen LogP contribution in [0.5, 0.6) is 0 Å². The molecule has 1 N–H and O–H groups in total. The van der Waals surface area contributed by atoms with Gasteiger partial charge in [-0.25, -0.2) is 0 Å². The van der Waals surface area contributed by atoms with Gasteiger partial charge in [0.05, 0.1) is 0 Å². The third kappa shape index (κ3) is 15.4. The third-order valence-electron chi connectivity index (χ3n) is 5.06. The normalized spacial score (nSPS) is 13.1. The summed E-state index contributed by atoms with van der Waals surface area (Å²) in [7, 11) is 0. The number of aliphatic carboxylic acids is 1. The van der Waals surface area contributed by atoms with Crippen LogP contribution in [-0.2, 0) is 19.1 Å². The van der Waals surface area contributed by atoms with Crippen molar-refractivity contribution < 1.29 is 24.2 Å². The van der Waals surface area contributed by atoms with Gasteiger partial charge in [0.15, 0.2) is 0 Å². The number of carboxylic acids is 1. The second kappa shape index (κ2) is 16.8. The molecule has 0 rings (SSSR count). The molecule has 0 heterocycles. The highest BCUT2D eigenvalue weighted by molar-refractivity contribution is 5.78. The van der Waals surface area contributed by atoms with E-state index in [0.717, 1.165) is 70.6 Å². The molecule has 0 aliphatic rings. The fourth-order valence-corrected chi connectivity index (χ4v) is 3.32. The van der Waals surface area contributed by atoms with Crippen LogP contribution in [0.1, 0.15) is 111 Å². The molecule has 0 saturated heterocycles. The van der Waals surface area contributed by atoms with Gasteiger partial charge in [0, 0.05) is 18.8 Å². The van der Waals surface area contributed by atoms with Crippen LogP contribution in [0, 0.1) is 5.92 Å². The number of ether oxygens (including phenoxy) is 1. The first-order chi connectivity index (χ1) is 12.9. The molecule has 0 aromatic rings. The van der Waals surface area contributed by atoms with Crippen LogP contribution < -0.4 is 0 Å². The molecule has 158 valence electrons. The third-order valence-corrected chi connectivity index (χ3v) is 5.06. The molecule has 2 unspecified atom stereocenters. The average Bonchev–Trinajstić information content (AvgIpc) is 2.62. The van der Waals surface area contributed by atoms with Crippen LogP contribution in [0.4, 0.5) is 0 Å². The number of hydrogen-bond acceptors (Lipinski definition) is 4. The van der Waals surface area contributed by atoms with Crippen molar-refractivity contribution in [3.8, 4) is 0 Å².